The van der Waals surface area contributed by atoms with Gasteiger partial charge >= 0.3 is 0 Å². The molecule has 3 aromatic carbocycles. The predicted molar refractivity (Wildman–Crippen MR) is 111 cm³/mol. The highest BCUT2D eigenvalue weighted by Crippen LogP contribution is 2.50. The molecule has 1 heterocycles. The summed E-state index contributed by atoms with van der Waals surface area (Å²) >= 11 is 0. The fourth-order valence-electron chi connectivity index (χ4n) is 3.95. The summed E-state index contributed by atoms with van der Waals surface area (Å²) in [5, 5.41) is 0. The van der Waals surface area contributed by atoms with Crippen LogP contribution in [0.15, 0.2) is 84.9 Å². The average molecular weight is 355 g/mol. The number of Topliss-reactive ketones (excluding diaryl/α,β-unsaturated/α-hetero) is 1. The van der Waals surface area contributed by atoms with E-state index in [-0.39, 0.29) is 23.4 Å². The summed E-state index contributed by atoms with van der Waals surface area (Å²) in [4.78, 5) is 15.4. The fourth-order valence-corrected chi connectivity index (χ4v) is 3.95. The van der Waals surface area contributed by atoms with Gasteiger partial charge in [-0.2, -0.15) is 0 Å². The lowest BCUT2D eigenvalue weighted by atomic mass is 10.00. The van der Waals surface area contributed by atoms with Crippen molar-refractivity contribution >= 4 is 5.78 Å². The minimum Gasteiger partial charge on any atom is -0.292 e. The standard InChI is InChI=1S/C25H25NO/c1-25(2,3)26-22(23(26)24(27)21-12-8-5-9-13-21)20-16-14-19(15-17-20)18-10-6-4-7-11-18/h4-17,22-23H,1-3H3. The Bertz CT molecular complexity index is 924. The summed E-state index contributed by atoms with van der Waals surface area (Å²) in [5.41, 5.74) is 4.36. The van der Waals surface area contributed by atoms with Crippen LogP contribution in [0.25, 0.3) is 11.1 Å². The number of nitrogens with zero attached hydrogens (tertiary/aromatic N) is 1. The maximum Gasteiger partial charge on any atom is 0.181 e. The van der Waals surface area contributed by atoms with Gasteiger partial charge in [-0.1, -0.05) is 84.9 Å². The van der Waals surface area contributed by atoms with Gasteiger partial charge in [0, 0.05) is 11.1 Å². The molecule has 0 aliphatic carbocycles. The van der Waals surface area contributed by atoms with Crippen molar-refractivity contribution in [3.63, 3.8) is 0 Å². The highest BCUT2D eigenvalue weighted by atomic mass is 16.1. The Balaban J connectivity index is 1.62. The van der Waals surface area contributed by atoms with E-state index >= 15 is 0 Å². The van der Waals surface area contributed by atoms with Gasteiger partial charge in [0.25, 0.3) is 0 Å². The van der Waals surface area contributed by atoms with Crippen LogP contribution in [0, 0.1) is 0 Å². The van der Waals surface area contributed by atoms with E-state index in [1.807, 2.05) is 36.4 Å². The number of hydrogen-bond acceptors (Lipinski definition) is 2. The SMILES string of the molecule is CC(C)(C)N1C(C(=O)c2ccccc2)C1c1ccc(-c2ccccc2)cc1. The highest BCUT2D eigenvalue weighted by Gasteiger charge is 2.57. The van der Waals surface area contributed by atoms with Gasteiger partial charge in [0.2, 0.25) is 0 Å². The van der Waals surface area contributed by atoms with Crippen LogP contribution >= 0.6 is 0 Å². The molecule has 1 saturated heterocycles. The summed E-state index contributed by atoms with van der Waals surface area (Å²) in [7, 11) is 0. The fraction of sp³-hybridized carbons (Fsp3) is 0.240. The quantitative estimate of drug-likeness (QED) is 0.438. The number of carbonyl (C=O) groups is 1. The summed E-state index contributed by atoms with van der Waals surface area (Å²) in [6.45, 7) is 6.53. The molecule has 0 saturated carbocycles. The predicted octanol–water partition coefficient (Wildman–Crippen LogP) is 5.76. The van der Waals surface area contributed by atoms with Crippen molar-refractivity contribution in [3.05, 3.63) is 96.1 Å². The Morgan fingerprint density at radius 2 is 1.26 bits per heavy atom. The number of carbonyl (C=O) groups excluding carboxylic acids is 1. The lowest BCUT2D eigenvalue weighted by molar-refractivity contribution is 0.0957. The van der Waals surface area contributed by atoms with Gasteiger partial charge in [0.05, 0.1) is 12.1 Å². The summed E-state index contributed by atoms with van der Waals surface area (Å²) in [5.74, 6) is 0.211. The zero-order valence-electron chi connectivity index (χ0n) is 16.1. The minimum absolute atomic E-state index is 0.0577. The van der Waals surface area contributed by atoms with Gasteiger partial charge in [-0.15, -0.1) is 0 Å². The van der Waals surface area contributed by atoms with Crippen LogP contribution in [-0.4, -0.2) is 22.3 Å². The third-order valence-electron chi connectivity index (χ3n) is 5.27. The van der Waals surface area contributed by atoms with Crippen molar-refractivity contribution < 1.29 is 4.79 Å². The van der Waals surface area contributed by atoms with Gasteiger partial charge < -0.3 is 0 Å². The molecule has 0 N–H and O–H groups in total. The van der Waals surface area contributed by atoms with E-state index in [0.717, 1.165) is 5.56 Å². The van der Waals surface area contributed by atoms with E-state index in [2.05, 4.69) is 74.2 Å². The second-order valence-corrected chi connectivity index (χ2v) is 8.19. The Morgan fingerprint density at radius 1 is 0.741 bits per heavy atom. The molecule has 0 amide bonds. The normalized spacial score (nSPS) is 21.7. The van der Waals surface area contributed by atoms with Crippen molar-refractivity contribution in [2.75, 3.05) is 0 Å². The van der Waals surface area contributed by atoms with Crippen molar-refractivity contribution in [1.82, 2.24) is 4.90 Å². The molecule has 136 valence electrons. The maximum absolute atomic E-state index is 13.1. The van der Waals surface area contributed by atoms with E-state index in [1.165, 1.54) is 16.7 Å². The summed E-state index contributed by atoms with van der Waals surface area (Å²) in [6, 6.07) is 28.7. The second kappa shape index (κ2) is 6.79. The molecule has 1 aliphatic heterocycles. The second-order valence-electron chi connectivity index (χ2n) is 8.19. The van der Waals surface area contributed by atoms with Gasteiger partial charge in [0.15, 0.2) is 5.78 Å². The van der Waals surface area contributed by atoms with E-state index in [0.29, 0.717) is 0 Å². The molecule has 1 aliphatic rings. The maximum atomic E-state index is 13.1. The Labute approximate surface area is 161 Å². The topological polar surface area (TPSA) is 20.1 Å². The first kappa shape index (κ1) is 17.7. The number of benzene rings is 3. The van der Waals surface area contributed by atoms with E-state index in [4.69, 9.17) is 0 Å². The van der Waals surface area contributed by atoms with E-state index in [1.54, 1.807) is 0 Å². The lowest BCUT2D eigenvalue weighted by Crippen LogP contribution is -2.30. The summed E-state index contributed by atoms with van der Waals surface area (Å²) in [6.07, 6.45) is 0. The molecule has 2 nitrogen and oxygen atoms in total. The smallest absolute Gasteiger partial charge is 0.181 e. The van der Waals surface area contributed by atoms with Crippen LogP contribution in [0.2, 0.25) is 0 Å². The van der Waals surface area contributed by atoms with Crippen molar-refractivity contribution in [3.8, 4) is 11.1 Å². The van der Waals surface area contributed by atoms with Crippen LogP contribution in [0.4, 0.5) is 0 Å². The Morgan fingerprint density at radius 3 is 1.81 bits per heavy atom. The molecule has 0 bridgehead atoms. The highest BCUT2D eigenvalue weighted by molar-refractivity contribution is 6.02. The van der Waals surface area contributed by atoms with Gasteiger partial charge in [-0.25, -0.2) is 0 Å². The van der Waals surface area contributed by atoms with E-state index in [9.17, 15) is 4.79 Å². The first-order valence-corrected chi connectivity index (χ1v) is 9.50. The number of hydrogen-bond donors (Lipinski definition) is 0. The molecule has 3 unspecified atom stereocenters. The van der Waals surface area contributed by atoms with E-state index < -0.39 is 0 Å². The van der Waals surface area contributed by atoms with Gasteiger partial charge in [-0.3, -0.25) is 9.69 Å². The Kier molecular flexibility index (Phi) is 4.45. The van der Waals surface area contributed by atoms with Crippen LogP contribution < -0.4 is 0 Å². The molecular formula is C25H25NO. The van der Waals surface area contributed by atoms with Crippen molar-refractivity contribution in [2.24, 2.45) is 0 Å². The molecule has 0 aromatic heterocycles. The molecule has 0 spiro atoms. The van der Waals surface area contributed by atoms with Crippen LogP contribution in [-0.2, 0) is 0 Å². The van der Waals surface area contributed by atoms with Crippen molar-refractivity contribution in [2.45, 2.75) is 38.4 Å². The van der Waals surface area contributed by atoms with Crippen LogP contribution in [0.5, 0.6) is 0 Å². The zero-order chi connectivity index (χ0) is 19.0. The molecule has 27 heavy (non-hydrogen) atoms. The molecule has 3 aromatic rings. The molecule has 1 fully saturated rings. The van der Waals surface area contributed by atoms with Crippen molar-refractivity contribution in [1.29, 1.82) is 0 Å². The molecule has 4 rings (SSSR count). The van der Waals surface area contributed by atoms with Gasteiger partial charge in [-0.05, 0) is 37.5 Å². The first-order chi connectivity index (χ1) is 13.0. The third-order valence-corrected chi connectivity index (χ3v) is 5.27. The molecular weight excluding hydrogens is 330 g/mol. The lowest BCUT2D eigenvalue weighted by Gasteiger charge is -2.22. The molecule has 2 heteroatoms. The van der Waals surface area contributed by atoms with Gasteiger partial charge in [0.1, 0.15) is 0 Å². The third kappa shape index (κ3) is 3.45. The average Bonchev–Trinajstić information content (AvgIpc) is 3.45. The molecule has 0 radical (unpaired) electrons. The minimum atomic E-state index is -0.0880. The van der Waals surface area contributed by atoms with Crippen LogP contribution in [0.1, 0.15) is 42.7 Å². The molecule has 3 atom stereocenters. The summed E-state index contributed by atoms with van der Waals surface area (Å²) < 4.78 is 0. The van der Waals surface area contributed by atoms with Crippen LogP contribution in [0.3, 0.4) is 0 Å². The number of ketones is 1. The largest absolute Gasteiger partial charge is 0.292 e. The first-order valence-electron chi connectivity index (χ1n) is 9.50. The zero-order valence-corrected chi connectivity index (χ0v) is 16.1. The Hall–Kier alpha value is -2.71. The monoisotopic (exact) mass is 355 g/mol. The number of rotatable bonds is 4.